The van der Waals surface area contributed by atoms with Gasteiger partial charge in [-0.25, -0.2) is 0 Å². The Balaban J connectivity index is 1.48. The predicted octanol–water partition coefficient (Wildman–Crippen LogP) is 4.96. The van der Waals surface area contributed by atoms with Crippen LogP contribution in [0.3, 0.4) is 0 Å². The van der Waals surface area contributed by atoms with Crippen molar-refractivity contribution in [2.45, 2.75) is 38.6 Å². The molecular formula is C25H28N2. The molecule has 1 unspecified atom stereocenters. The molecule has 1 saturated heterocycles. The van der Waals surface area contributed by atoms with Crippen molar-refractivity contribution >= 4 is 0 Å². The molecule has 0 amide bonds. The van der Waals surface area contributed by atoms with E-state index in [1.54, 1.807) is 0 Å². The molecule has 27 heavy (non-hydrogen) atoms. The van der Waals surface area contributed by atoms with Gasteiger partial charge in [-0.05, 0) is 23.6 Å². The third kappa shape index (κ3) is 4.85. The minimum Gasteiger partial charge on any atom is -0.292 e. The molecule has 0 aromatic heterocycles. The van der Waals surface area contributed by atoms with Gasteiger partial charge in [-0.2, -0.15) is 0 Å². The molecule has 0 N–H and O–H groups in total. The van der Waals surface area contributed by atoms with E-state index in [1.165, 1.54) is 16.7 Å². The fraction of sp³-hybridized carbons (Fsp3) is 0.280. The van der Waals surface area contributed by atoms with Gasteiger partial charge in [0.15, 0.2) is 0 Å². The van der Waals surface area contributed by atoms with Crippen molar-refractivity contribution in [2.24, 2.45) is 0 Å². The van der Waals surface area contributed by atoms with Crippen LogP contribution in [-0.4, -0.2) is 28.4 Å². The second kappa shape index (κ2) is 8.51. The summed E-state index contributed by atoms with van der Waals surface area (Å²) in [5.74, 6) is 0. The van der Waals surface area contributed by atoms with Gasteiger partial charge in [-0.3, -0.25) is 9.80 Å². The van der Waals surface area contributed by atoms with Crippen molar-refractivity contribution in [1.82, 2.24) is 9.80 Å². The molecule has 4 atom stereocenters. The van der Waals surface area contributed by atoms with Gasteiger partial charge in [-0.1, -0.05) is 91.0 Å². The van der Waals surface area contributed by atoms with Crippen LogP contribution in [-0.2, 0) is 19.6 Å². The molecule has 1 fully saturated rings. The summed E-state index contributed by atoms with van der Waals surface area (Å²) < 4.78 is 8.54. The highest BCUT2D eigenvalue weighted by atomic mass is 15.4. The molecule has 0 bridgehead atoms. The van der Waals surface area contributed by atoms with Gasteiger partial charge in [0, 0.05) is 39.6 Å². The zero-order valence-corrected chi connectivity index (χ0v) is 15.9. The smallest absolute Gasteiger partial charge is 0.0448 e. The van der Waals surface area contributed by atoms with Crippen LogP contribution < -0.4 is 0 Å². The molecule has 1 heterocycles. The lowest BCUT2D eigenvalue weighted by Crippen LogP contribution is -2.37. The first kappa shape index (κ1) is 16.7. The zero-order chi connectivity index (χ0) is 19.3. The lowest BCUT2D eigenvalue weighted by Gasteiger charge is -2.30. The fourth-order valence-electron chi connectivity index (χ4n) is 3.71. The van der Waals surface area contributed by atoms with Gasteiger partial charge in [0.2, 0.25) is 0 Å². The van der Waals surface area contributed by atoms with Gasteiger partial charge < -0.3 is 0 Å². The summed E-state index contributed by atoms with van der Waals surface area (Å²) in [5, 5.41) is 0. The van der Waals surface area contributed by atoms with E-state index >= 15 is 0 Å². The Hall–Kier alpha value is -2.42. The van der Waals surface area contributed by atoms with Crippen LogP contribution in [0.15, 0.2) is 91.0 Å². The molecule has 2 nitrogen and oxygen atoms in total. The average molecular weight is 358 g/mol. The third-order valence-electron chi connectivity index (χ3n) is 5.37. The second-order valence-corrected chi connectivity index (χ2v) is 7.41. The van der Waals surface area contributed by atoms with Crippen LogP contribution in [0.4, 0.5) is 0 Å². The van der Waals surface area contributed by atoms with Crippen molar-refractivity contribution in [3.8, 4) is 0 Å². The molecule has 0 aliphatic carbocycles. The van der Waals surface area contributed by atoms with Crippen LogP contribution in [0.1, 0.15) is 25.0 Å². The molecule has 3 aromatic carbocycles. The Bertz CT molecular complexity index is 812. The van der Waals surface area contributed by atoms with Crippen LogP contribution in [0, 0.1) is 0 Å². The number of rotatable bonds is 8. The van der Waals surface area contributed by atoms with Gasteiger partial charge in [0.25, 0.3) is 0 Å². The summed E-state index contributed by atoms with van der Waals surface area (Å²) in [4.78, 5) is 4.81. The van der Waals surface area contributed by atoms with Crippen LogP contribution in [0.5, 0.6) is 0 Å². The number of hydrogen-bond acceptors (Lipinski definition) is 2. The number of hydrogen-bond donors (Lipinski definition) is 0. The average Bonchev–Trinajstić information content (AvgIpc) is 3.37. The molecular weight excluding hydrogens is 328 g/mol. The Kier molecular flexibility index (Phi) is 5.28. The van der Waals surface area contributed by atoms with E-state index in [4.69, 9.17) is 1.37 Å². The summed E-state index contributed by atoms with van der Waals surface area (Å²) in [6.07, 6.45) is 0. The first-order chi connectivity index (χ1) is 13.7. The predicted molar refractivity (Wildman–Crippen MR) is 112 cm³/mol. The third-order valence-corrected chi connectivity index (χ3v) is 5.37. The van der Waals surface area contributed by atoms with Crippen molar-refractivity contribution in [1.29, 1.82) is 0 Å². The SMILES string of the molecule is [2H][C@H]1[C@@H]([C@@H](C)N(Cc2ccccc2)Cc2ccccc2)N1Cc1ccccc1. The molecule has 2 heteroatoms. The molecule has 0 spiro atoms. The van der Waals surface area contributed by atoms with E-state index in [0.29, 0.717) is 6.04 Å². The summed E-state index contributed by atoms with van der Waals surface area (Å²) in [5.41, 5.74) is 3.93. The van der Waals surface area contributed by atoms with Gasteiger partial charge in [0.1, 0.15) is 0 Å². The largest absolute Gasteiger partial charge is 0.292 e. The maximum absolute atomic E-state index is 8.54. The monoisotopic (exact) mass is 357 g/mol. The Morgan fingerprint density at radius 2 is 1.26 bits per heavy atom. The van der Waals surface area contributed by atoms with Crippen molar-refractivity contribution in [3.05, 3.63) is 108 Å². The normalized spacial score (nSPS) is 23.0. The summed E-state index contributed by atoms with van der Waals surface area (Å²) in [6, 6.07) is 32.4. The topological polar surface area (TPSA) is 6.25 Å². The first-order valence-electron chi connectivity index (χ1n) is 10.3. The maximum atomic E-state index is 8.54. The molecule has 1 aliphatic heterocycles. The highest BCUT2D eigenvalue weighted by molar-refractivity contribution is 5.19. The number of nitrogens with zero attached hydrogens (tertiary/aromatic N) is 2. The standard InChI is InChI=1S/C25H28N2/c1-21(25-20-27(25)19-24-15-9-4-10-16-24)26(17-22-11-5-2-6-12-22)18-23-13-7-3-8-14-23/h2-16,21,25H,17-20H2,1H3/t21-,25+,27?/m1/s1/i20D/t20-,21+,25-,27?/m0. The Morgan fingerprint density at radius 3 is 1.74 bits per heavy atom. The van der Waals surface area contributed by atoms with Crippen molar-refractivity contribution < 1.29 is 1.37 Å². The minimum atomic E-state index is -0.121. The fourth-order valence-corrected chi connectivity index (χ4v) is 3.71. The van der Waals surface area contributed by atoms with E-state index in [0.717, 1.165) is 19.6 Å². The quantitative estimate of drug-likeness (QED) is 0.526. The van der Waals surface area contributed by atoms with Crippen molar-refractivity contribution in [2.75, 3.05) is 6.52 Å². The molecule has 1 aliphatic rings. The van der Waals surface area contributed by atoms with E-state index in [2.05, 4.69) is 102 Å². The van der Waals surface area contributed by atoms with Gasteiger partial charge in [-0.15, -0.1) is 0 Å². The van der Waals surface area contributed by atoms with E-state index in [1.807, 2.05) is 6.07 Å². The first-order valence-corrected chi connectivity index (χ1v) is 9.76. The van der Waals surface area contributed by atoms with Crippen LogP contribution in [0.2, 0.25) is 0 Å². The molecule has 4 rings (SSSR count). The van der Waals surface area contributed by atoms with Crippen molar-refractivity contribution in [3.63, 3.8) is 0 Å². The van der Waals surface area contributed by atoms with Crippen LogP contribution in [0.25, 0.3) is 0 Å². The highest BCUT2D eigenvalue weighted by Crippen LogP contribution is 2.28. The lowest BCUT2D eigenvalue weighted by molar-refractivity contribution is 0.173. The summed E-state index contributed by atoms with van der Waals surface area (Å²) in [6.45, 7) is 4.82. The Labute approximate surface area is 164 Å². The summed E-state index contributed by atoms with van der Waals surface area (Å²) in [7, 11) is 0. The highest BCUT2D eigenvalue weighted by Gasteiger charge is 2.40. The number of benzene rings is 3. The Morgan fingerprint density at radius 1 is 0.815 bits per heavy atom. The van der Waals surface area contributed by atoms with E-state index in [-0.39, 0.29) is 12.6 Å². The van der Waals surface area contributed by atoms with E-state index < -0.39 is 0 Å². The van der Waals surface area contributed by atoms with E-state index in [9.17, 15) is 0 Å². The molecule has 138 valence electrons. The lowest BCUT2D eigenvalue weighted by atomic mass is 10.1. The maximum Gasteiger partial charge on any atom is 0.0448 e. The molecule has 0 radical (unpaired) electrons. The van der Waals surface area contributed by atoms with Crippen LogP contribution >= 0.6 is 0 Å². The zero-order valence-electron chi connectivity index (χ0n) is 16.9. The minimum absolute atomic E-state index is 0.121. The van der Waals surface area contributed by atoms with Gasteiger partial charge >= 0.3 is 0 Å². The molecule has 0 saturated carbocycles. The van der Waals surface area contributed by atoms with Gasteiger partial charge in [0.05, 0.1) is 0 Å². The molecule has 3 aromatic rings. The summed E-state index contributed by atoms with van der Waals surface area (Å²) >= 11 is 0. The second-order valence-electron chi connectivity index (χ2n) is 7.41.